The third kappa shape index (κ3) is 5.44. The average molecular weight is 495 g/mol. The van der Waals surface area contributed by atoms with Gasteiger partial charge in [0.25, 0.3) is 5.60 Å². The van der Waals surface area contributed by atoms with Gasteiger partial charge in [0, 0.05) is 49.8 Å². The Morgan fingerprint density at radius 2 is 1.52 bits per heavy atom. The van der Waals surface area contributed by atoms with Gasteiger partial charge in [0.15, 0.2) is 5.11 Å². The van der Waals surface area contributed by atoms with E-state index in [1.54, 1.807) is 4.90 Å². The van der Waals surface area contributed by atoms with E-state index in [2.05, 4.69) is 0 Å². The van der Waals surface area contributed by atoms with Gasteiger partial charge in [0.1, 0.15) is 0 Å². The first kappa shape index (κ1) is 25.3. The number of halogens is 6. The summed E-state index contributed by atoms with van der Waals surface area (Å²) in [6.45, 7) is 2.99. The smallest absolute Gasteiger partial charge is 0.378 e. The minimum Gasteiger partial charge on any atom is -0.378 e. The number of anilines is 1. The largest absolute Gasteiger partial charge is 0.430 e. The van der Waals surface area contributed by atoms with E-state index in [1.165, 1.54) is 0 Å². The highest BCUT2D eigenvalue weighted by molar-refractivity contribution is 7.80. The molecule has 0 unspecified atom stereocenters. The average Bonchev–Trinajstić information content (AvgIpc) is 3.28. The summed E-state index contributed by atoms with van der Waals surface area (Å²) >= 11 is 5.60. The summed E-state index contributed by atoms with van der Waals surface area (Å²) < 4.78 is 86.4. The number of aryl methyl sites for hydroxylation is 1. The molecule has 1 aromatic heterocycles. The van der Waals surface area contributed by atoms with Gasteiger partial charge in [-0.05, 0) is 42.9 Å². The summed E-state index contributed by atoms with van der Waals surface area (Å²) in [7, 11) is 0. The Labute approximate surface area is 192 Å². The van der Waals surface area contributed by atoms with Crippen molar-refractivity contribution in [3.05, 3.63) is 54.4 Å². The topological polar surface area (TPSA) is 40.9 Å². The molecule has 0 aliphatic carbocycles. The van der Waals surface area contributed by atoms with Gasteiger partial charge in [0.05, 0.1) is 13.2 Å². The van der Waals surface area contributed by atoms with Crippen LogP contribution in [-0.4, -0.2) is 64.9 Å². The van der Waals surface area contributed by atoms with Crippen LogP contribution in [0.5, 0.6) is 0 Å². The molecular formula is C21H23F6N3O2S. The highest BCUT2D eigenvalue weighted by atomic mass is 32.1. The van der Waals surface area contributed by atoms with E-state index < -0.39 is 23.5 Å². The second-order valence-electron chi connectivity index (χ2n) is 7.56. The van der Waals surface area contributed by atoms with E-state index in [0.717, 1.165) is 12.1 Å². The Hall–Kier alpha value is -2.31. The summed E-state index contributed by atoms with van der Waals surface area (Å²) in [5.41, 5.74) is -5.95. The molecule has 0 bridgehead atoms. The number of aromatic nitrogens is 1. The van der Waals surface area contributed by atoms with Gasteiger partial charge in [-0.1, -0.05) is 12.1 Å². The van der Waals surface area contributed by atoms with E-state index in [0.29, 0.717) is 68.7 Å². The number of hydrogen-bond donors (Lipinski definition) is 1. The van der Waals surface area contributed by atoms with Crippen LogP contribution in [0.3, 0.4) is 0 Å². The van der Waals surface area contributed by atoms with E-state index in [1.807, 2.05) is 34.0 Å². The van der Waals surface area contributed by atoms with Crippen LogP contribution in [0.4, 0.5) is 32.0 Å². The van der Waals surface area contributed by atoms with Crippen LogP contribution in [0.2, 0.25) is 0 Å². The third-order valence-electron chi connectivity index (χ3n) is 5.39. The van der Waals surface area contributed by atoms with Crippen LogP contribution in [0.1, 0.15) is 12.0 Å². The molecule has 1 fully saturated rings. The van der Waals surface area contributed by atoms with Crippen LogP contribution in [0.25, 0.3) is 0 Å². The predicted octanol–water partition coefficient (Wildman–Crippen LogP) is 4.31. The Bertz CT molecular complexity index is 896. The van der Waals surface area contributed by atoms with E-state index in [9.17, 15) is 31.4 Å². The molecule has 0 spiro atoms. The van der Waals surface area contributed by atoms with Gasteiger partial charge in [-0.2, -0.15) is 26.3 Å². The maximum absolute atomic E-state index is 13.2. The van der Waals surface area contributed by atoms with Gasteiger partial charge in [-0.15, -0.1) is 0 Å². The number of aliphatic hydroxyl groups is 1. The predicted molar refractivity (Wildman–Crippen MR) is 114 cm³/mol. The lowest BCUT2D eigenvalue weighted by Gasteiger charge is -2.36. The second-order valence-corrected chi connectivity index (χ2v) is 7.93. The maximum atomic E-state index is 13.2. The number of nitrogens with zero attached hydrogens (tertiary/aromatic N) is 3. The summed E-state index contributed by atoms with van der Waals surface area (Å²) in [6, 6.07) is 7.24. The molecule has 5 nitrogen and oxygen atoms in total. The number of rotatable bonds is 6. The molecule has 0 radical (unpaired) electrons. The van der Waals surface area contributed by atoms with E-state index >= 15 is 0 Å². The lowest BCUT2D eigenvalue weighted by Crippen LogP contribution is -2.54. The molecule has 3 rings (SSSR count). The maximum Gasteiger partial charge on any atom is 0.430 e. The number of morpholine rings is 1. The summed E-state index contributed by atoms with van der Waals surface area (Å²) in [6.07, 6.45) is -7.49. The first-order valence-corrected chi connectivity index (χ1v) is 10.6. The number of thiocarbonyl (C=S) groups is 1. The molecule has 1 saturated heterocycles. The van der Waals surface area contributed by atoms with Crippen molar-refractivity contribution in [1.82, 2.24) is 9.47 Å². The normalized spacial score (nSPS) is 15.5. The van der Waals surface area contributed by atoms with Crippen molar-refractivity contribution in [3.8, 4) is 0 Å². The van der Waals surface area contributed by atoms with Crippen LogP contribution in [0, 0.1) is 0 Å². The van der Waals surface area contributed by atoms with Crippen LogP contribution in [-0.2, 0) is 16.9 Å². The molecule has 0 saturated carbocycles. The fourth-order valence-corrected chi connectivity index (χ4v) is 3.94. The first-order valence-electron chi connectivity index (χ1n) is 10.2. The molecule has 2 heterocycles. The van der Waals surface area contributed by atoms with Gasteiger partial charge >= 0.3 is 12.4 Å². The molecule has 12 heteroatoms. The van der Waals surface area contributed by atoms with Crippen LogP contribution < -0.4 is 4.90 Å². The van der Waals surface area contributed by atoms with Crippen LogP contribution in [0.15, 0.2) is 48.8 Å². The van der Waals surface area contributed by atoms with Crippen molar-refractivity contribution in [3.63, 3.8) is 0 Å². The molecule has 182 valence electrons. The number of hydrogen-bond acceptors (Lipinski definition) is 3. The van der Waals surface area contributed by atoms with Gasteiger partial charge < -0.3 is 24.2 Å². The number of alkyl halides is 6. The monoisotopic (exact) mass is 495 g/mol. The standard InChI is InChI=1S/C21H23F6N3O2S/c22-20(23,24)19(31,21(25,26)27)16-4-6-17(7-5-16)30(11-3-10-28-8-1-2-9-28)18(33)29-12-14-32-15-13-29/h1-2,4-9,31H,3,10-15H2. The Morgan fingerprint density at radius 1 is 0.970 bits per heavy atom. The second kappa shape index (κ2) is 9.90. The zero-order chi connectivity index (χ0) is 24.3. The quantitative estimate of drug-likeness (QED) is 0.478. The van der Waals surface area contributed by atoms with Crippen molar-refractivity contribution in [1.29, 1.82) is 0 Å². The summed E-state index contributed by atoms with van der Waals surface area (Å²) in [5, 5.41) is 10.0. The lowest BCUT2D eigenvalue weighted by atomic mass is 9.92. The van der Waals surface area contributed by atoms with E-state index in [-0.39, 0.29) is 0 Å². The van der Waals surface area contributed by atoms with Crippen molar-refractivity contribution in [2.24, 2.45) is 0 Å². The van der Waals surface area contributed by atoms with Crippen molar-refractivity contribution < 1.29 is 36.2 Å². The lowest BCUT2D eigenvalue weighted by molar-refractivity contribution is -0.376. The third-order valence-corrected chi connectivity index (χ3v) is 5.87. The Balaban J connectivity index is 1.86. The molecule has 1 N–H and O–H groups in total. The molecule has 1 aliphatic rings. The van der Waals surface area contributed by atoms with Gasteiger partial charge in [-0.3, -0.25) is 0 Å². The highest BCUT2D eigenvalue weighted by Gasteiger charge is 2.71. The SMILES string of the molecule is OC(c1ccc(N(CCCn2cccc2)C(=S)N2CCOCC2)cc1)(C(F)(F)F)C(F)(F)F. The Morgan fingerprint density at radius 3 is 2.03 bits per heavy atom. The minimum atomic E-state index is -5.94. The Kier molecular flexibility index (Phi) is 7.59. The number of benzene rings is 1. The molecule has 1 aromatic carbocycles. The molecule has 0 amide bonds. The van der Waals surface area contributed by atoms with Gasteiger partial charge in [0.2, 0.25) is 0 Å². The van der Waals surface area contributed by atoms with Crippen molar-refractivity contribution in [2.75, 3.05) is 37.7 Å². The molecular weight excluding hydrogens is 472 g/mol. The zero-order valence-corrected chi connectivity index (χ0v) is 18.3. The van der Waals surface area contributed by atoms with E-state index in [4.69, 9.17) is 17.0 Å². The molecule has 2 aromatic rings. The first-order chi connectivity index (χ1) is 15.4. The molecule has 1 aliphatic heterocycles. The van der Waals surface area contributed by atoms with Gasteiger partial charge in [-0.25, -0.2) is 0 Å². The van der Waals surface area contributed by atoms with Crippen molar-refractivity contribution >= 4 is 23.0 Å². The fraction of sp³-hybridized carbons (Fsp3) is 0.476. The zero-order valence-electron chi connectivity index (χ0n) is 17.4. The molecule has 33 heavy (non-hydrogen) atoms. The number of ether oxygens (including phenoxy) is 1. The summed E-state index contributed by atoms with van der Waals surface area (Å²) in [4.78, 5) is 3.55. The fourth-order valence-electron chi connectivity index (χ4n) is 3.56. The van der Waals surface area contributed by atoms with Crippen LogP contribution >= 0.6 is 12.2 Å². The summed E-state index contributed by atoms with van der Waals surface area (Å²) in [5.74, 6) is 0. The minimum absolute atomic E-state index is 0.328. The highest BCUT2D eigenvalue weighted by Crippen LogP contribution is 2.50. The molecule has 0 atom stereocenters. The van der Waals surface area contributed by atoms with Crippen molar-refractivity contribution in [2.45, 2.75) is 30.9 Å².